The monoisotopic (exact) mass is 1840 g/mol. The highest BCUT2D eigenvalue weighted by molar-refractivity contribution is 5.96. The summed E-state index contributed by atoms with van der Waals surface area (Å²) in [6, 6.07) is 29.5. The molecule has 0 aliphatic heterocycles. The summed E-state index contributed by atoms with van der Waals surface area (Å²) >= 11 is 0. The summed E-state index contributed by atoms with van der Waals surface area (Å²) in [5.74, 6) is -14.8. The molecule has 0 fully saturated rings. The van der Waals surface area contributed by atoms with Gasteiger partial charge >= 0.3 is 18.5 Å². The minimum atomic E-state index is -4.75. The molecule has 6 aromatic carbocycles. The number of rotatable bonds is 27. The first kappa shape index (κ1) is 95.6. The number of Topliss-reactive ketones (excluding diaryl/α,β-unsaturated/α-hetero) is 3. The number of hydrogen-bond acceptors (Lipinski definition) is 12. The van der Waals surface area contributed by atoms with Gasteiger partial charge in [0.25, 0.3) is 17.7 Å². The topological polar surface area (TPSA) is 273 Å². The van der Waals surface area contributed by atoms with E-state index in [2.05, 4.69) is 36.8 Å². The van der Waals surface area contributed by atoms with Gasteiger partial charge < -0.3 is 17.2 Å². The fourth-order valence-electron chi connectivity index (χ4n) is 17.4. The van der Waals surface area contributed by atoms with Gasteiger partial charge in [-0.05, 0) is 219 Å². The van der Waals surface area contributed by atoms with Crippen LogP contribution in [0.25, 0.3) is 44.5 Å². The van der Waals surface area contributed by atoms with E-state index in [1.807, 2.05) is 0 Å². The summed E-state index contributed by atoms with van der Waals surface area (Å²) < 4.78 is 255. The number of amides is 3. The van der Waals surface area contributed by atoms with E-state index in [-0.39, 0.29) is 113 Å². The number of primary amides is 3. The van der Waals surface area contributed by atoms with Crippen LogP contribution in [0.4, 0.5) is 79.0 Å². The Balaban J connectivity index is 0.000000168. The van der Waals surface area contributed by atoms with Crippen molar-refractivity contribution in [2.75, 3.05) is 0 Å². The molecule has 15 rings (SSSR count). The zero-order chi connectivity index (χ0) is 95.3. The Labute approximate surface area is 741 Å². The molecule has 0 saturated carbocycles. The van der Waals surface area contributed by atoms with E-state index in [9.17, 15) is 108 Å². The van der Waals surface area contributed by atoms with Crippen molar-refractivity contribution in [1.82, 2.24) is 44.3 Å². The van der Waals surface area contributed by atoms with Crippen LogP contribution in [0.2, 0.25) is 0 Å². The highest BCUT2D eigenvalue weighted by Gasteiger charge is 2.45. The number of alkyl halides is 9. The summed E-state index contributed by atoms with van der Waals surface area (Å²) in [4.78, 5) is 89.4. The maximum absolute atomic E-state index is 14.2. The van der Waals surface area contributed by atoms with Gasteiger partial charge in [-0.1, -0.05) is 56.0 Å². The lowest BCUT2D eigenvalue weighted by molar-refractivity contribution is -0.143. The number of benzene rings is 6. The molecule has 0 radical (unpaired) electrons. The number of aromatic nitrogens is 9. The summed E-state index contributed by atoms with van der Waals surface area (Å²) in [6.45, 7) is 5.65. The molecule has 0 saturated heterocycles. The van der Waals surface area contributed by atoms with Crippen molar-refractivity contribution in [2.45, 2.75) is 166 Å². The van der Waals surface area contributed by atoms with Crippen LogP contribution >= 0.6 is 0 Å². The molecule has 3 amide bonds. The molecule has 18 nitrogen and oxygen atoms in total. The zero-order valence-corrected chi connectivity index (χ0v) is 70.2. The molecule has 4 atom stereocenters. The van der Waals surface area contributed by atoms with Gasteiger partial charge in [-0.25, -0.2) is 39.5 Å². The van der Waals surface area contributed by atoms with Crippen molar-refractivity contribution in [1.29, 1.82) is 0 Å². The van der Waals surface area contributed by atoms with Crippen molar-refractivity contribution >= 4 is 46.2 Å². The third-order valence-electron chi connectivity index (χ3n) is 23.0. The van der Waals surface area contributed by atoms with Crippen LogP contribution in [0.5, 0.6) is 0 Å². The first-order chi connectivity index (χ1) is 62.4. The SMILES string of the molecule is C=C1CCCc2c1c(C(F)(F)F)nn2CC(=O)C[C@@H](Cc1cc(F)cc(F)c1)c1ncccc1-c1ccc(F)c(C(N)=O)c1.CC1=CCCc2c1c(C(F)(F)F)nn2CC(=O)C[C@@H](Cc1cc(F)cc(F)c1)c1ncccc1-c1ccc(F)c(C(N)=O)c1.CC1CCCc2c1c(C(F)(F)F)nn2CC(=O)C[C@@H](Cc1cc(F)cc(F)c1)c1ncccc1-c1ccc(F)c(C(N)=O)c1. The zero-order valence-electron chi connectivity index (χ0n) is 70.2. The molecule has 3 aliphatic carbocycles. The van der Waals surface area contributed by atoms with Crippen molar-refractivity contribution < 1.29 is 108 Å². The third-order valence-corrected chi connectivity index (χ3v) is 23.0. The standard InChI is InChI=1S/C32H28F6N4O2.2C32H26F6N4O2/c3*1-17-4-2-6-27-28(17)30(32(36,37)38)41-42(27)16-23(43)13-20(10-18-11-21(33)15-22(34)12-18)29-24(5-3-9-40-29)19-7-8-26(35)25(14-19)31(39)44/h3,5,7-9,11-12,14-15,17,20H,2,4,6,10,13,16H2,1H3,(H2,39,44);3-5,7-9,11-12,14-15,20H,2,6,10,13,16H2,1H3,(H2,39,44);3,5,7-9,11-12,14-15,20H,1-2,4,6,10,13,16H2,(H2,39,44)/t17?,20-;2*20-/m111/s1. The average Bonchev–Trinajstić information content (AvgIpc) is 1.61. The molecule has 6 heterocycles. The van der Waals surface area contributed by atoms with Crippen molar-refractivity contribution in [2.24, 2.45) is 17.2 Å². The lowest BCUT2D eigenvalue weighted by Crippen LogP contribution is -2.20. The lowest BCUT2D eigenvalue weighted by Gasteiger charge is -2.22. The number of carbonyl (C=O) groups is 6. The summed E-state index contributed by atoms with van der Waals surface area (Å²) in [6.07, 6.45) is -5.62. The Morgan fingerprint density at radius 2 is 0.742 bits per heavy atom. The van der Waals surface area contributed by atoms with E-state index < -0.39 is 160 Å². The number of allylic oxidation sites excluding steroid dienone is 3. The number of pyridine rings is 3. The number of halogens is 18. The molecule has 12 aromatic rings. The van der Waals surface area contributed by atoms with Crippen LogP contribution in [0.1, 0.15) is 205 Å². The minimum Gasteiger partial charge on any atom is -0.366 e. The van der Waals surface area contributed by atoms with Crippen molar-refractivity contribution in [3.63, 3.8) is 0 Å². The molecular formula is C96H80F18N12O6. The minimum absolute atomic E-state index is 0.0306. The second kappa shape index (κ2) is 39.8. The highest BCUT2D eigenvalue weighted by Crippen LogP contribution is 2.46. The number of nitrogens with zero attached hydrogens (tertiary/aromatic N) is 9. The van der Waals surface area contributed by atoms with Gasteiger partial charge in [0.1, 0.15) is 52.4 Å². The van der Waals surface area contributed by atoms with Gasteiger partial charge in [0.2, 0.25) is 0 Å². The quantitative estimate of drug-likeness (QED) is 0.0406. The Morgan fingerprint density at radius 3 is 1.09 bits per heavy atom. The van der Waals surface area contributed by atoms with Crippen molar-refractivity contribution in [3.05, 3.63) is 331 Å². The molecule has 132 heavy (non-hydrogen) atoms. The summed E-state index contributed by atoms with van der Waals surface area (Å²) in [5, 5.41) is 11.3. The Morgan fingerprint density at radius 1 is 0.417 bits per heavy atom. The maximum Gasteiger partial charge on any atom is 0.435 e. The highest BCUT2D eigenvalue weighted by atomic mass is 19.4. The van der Waals surface area contributed by atoms with Gasteiger partial charge in [0.15, 0.2) is 34.4 Å². The number of fused-ring (bicyclic) bond motifs is 3. The smallest absolute Gasteiger partial charge is 0.366 e. The molecule has 686 valence electrons. The average molecular weight is 1840 g/mol. The van der Waals surface area contributed by atoms with Crippen LogP contribution in [0, 0.1) is 52.4 Å². The fraction of sp³-hybridized carbons (Fsp3) is 0.271. The van der Waals surface area contributed by atoms with E-state index in [4.69, 9.17) is 17.2 Å². The second-order valence-electron chi connectivity index (χ2n) is 32.4. The van der Waals surface area contributed by atoms with Gasteiger partial charge in [-0.3, -0.25) is 57.8 Å². The Bertz CT molecular complexity index is 6280. The van der Waals surface area contributed by atoms with E-state index >= 15 is 0 Å². The second-order valence-corrected chi connectivity index (χ2v) is 32.4. The Hall–Kier alpha value is -14.0. The molecule has 36 heteroatoms. The molecular weight excluding hydrogens is 1760 g/mol. The Kier molecular flexibility index (Phi) is 28.8. The molecule has 0 bridgehead atoms. The van der Waals surface area contributed by atoms with Gasteiger partial charge in [-0.2, -0.15) is 54.8 Å². The van der Waals surface area contributed by atoms with E-state index in [1.54, 1.807) is 56.3 Å². The molecule has 3 aliphatic rings. The van der Waals surface area contributed by atoms with Crippen LogP contribution in [-0.4, -0.2) is 79.4 Å². The van der Waals surface area contributed by atoms with Crippen LogP contribution in [0.3, 0.4) is 0 Å². The molecule has 0 spiro atoms. The molecule has 6 aromatic heterocycles. The lowest BCUT2D eigenvalue weighted by atomic mass is 9.86. The normalized spacial score (nSPS) is 14.4. The number of carbonyl (C=O) groups excluding carboxylic acids is 6. The molecule has 6 N–H and O–H groups in total. The van der Waals surface area contributed by atoms with Crippen LogP contribution in [-0.2, 0) is 91.1 Å². The first-order valence-electron chi connectivity index (χ1n) is 41.3. The largest absolute Gasteiger partial charge is 0.435 e. The first-order valence-corrected chi connectivity index (χ1v) is 41.3. The van der Waals surface area contributed by atoms with E-state index in [1.165, 1.54) is 55.0 Å². The predicted octanol–water partition coefficient (Wildman–Crippen LogP) is 20.5. The molecule has 1 unspecified atom stereocenters. The number of ketones is 3. The fourth-order valence-corrected chi connectivity index (χ4v) is 17.4. The van der Waals surface area contributed by atoms with Crippen LogP contribution < -0.4 is 17.2 Å². The summed E-state index contributed by atoms with van der Waals surface area (Å²) in [7, 11) is 0. The summed E-state index contributed by atoms with van der Waals surface area (Å²) in [5.41, 5.74) is 17.2. The van der Waals surface area contributed by atoms with Gasteiger partial charge in [-0.15, -0.1) is 0 Å². The predicted molar refractivity (Wildman–Crippen MR) is 449 cm³/mol. The number of hydrogen-bond donors (Lipinski definition) is 3. The maximum atomic E-state index is 14.2. The van der Waals surface area contributed by atoms with Crippen molar-refractivity contribution in [3.8, 4) is 33.4 Å². The third kappa shape index (κ3) is 22.4. The van der Waals surface area contributed by atoms with Gasteiger partial charge in [0, 0.05) is 124 Å². The van der Waals surface area contributed by atoms with Crippen LogP contribution in [0.15, 0.2) is 177 Å². The van der Waals surface area contributed by atoms with E-state index in [0.717, 1.165) is 68.6 Å². The van der Waals surface area contributed by atoms with E-state index in [0.29, 0.717) is 130 Å². The number of nitrogens with two attached hydrogens (primary N) is 3. The van der Waals surface area contributed by atoms with Gasteiger partial charge in [0.05, 0.1) is 53.4 Å².